The summed E-state index contributed by atoms with van der Waals surface area (Å²) in [5.41, 5.74) is 1.84. The predicted molar refractivity (Wildman–Crippen MR) is 349 cm³/mol. The van der Waals surface area contributed by atoms with Gasteiger partial charge in [-0.05, 0) is 42.4 Å². The number of hydrogen-bond acceptors (Lipinski definition) is 5. The van der Waals surface area contributed by atoms with Gasteiger partial charge < -0.3 is 17.0 Å². The Morgan fingerprint density at radius 2 is 0.923 bits per heavy atom. The molecule has 0 aliphatic heterocycles. The van der Waals surface area contributed by atoms with E-state index in [4.69, 9.17) is 73.6 Å². The van der Waals surface area contributed by atoms with Crippen LogP contribution in [0.1, 0.15) is 75.3 Å². The van der Waals surface area contributed by atoms with Crippen molar-refractivity contribution in [3.63, 3.8) is 0 Å². The van der Waals surface area contributed by atoms with E-state index in [0.717, 1.165) is 17.5 Å². The summed E-state index contributed by atoms with van der Waals surface area (Å²) in [6.45, 7) is 3.68. The average Bonchev–Trinajstić information content (AvgIpc) is 3.99. The maximum absolute atomic E-state index is 11.9. The smallest absolute Gasteiger partial charge is 1.00 e. The van der Waals surface area contributed by atoms with Crippen LogP contribution in [0.5, 0.6) is 0 Å². The number of benzene rings is 2. The molecule has 368 valence electrons. The Morgan fingerprint density at radius 3 is 1.25 bits per heavy atom. The minimum Gasteiger partial charge on any atom is -1.00 e. The number of Topliss-reactive ketones (excluding diaryl/α,β-unsaturated/α-hetero) is 1. The second-order valence-electron chi connectivity index (χ2n) is 11.6. The molecule has 2 aliphatic rings. The van der Waals surface area contributed by atoms with E-state index in [0.29, 0.717) is 50.6 Å². The van der Waals surface area contributed by atoms with Crippen molar-refractivity contribution >= 4 is 308 Å². The normalized spacial score (nSPS) is 11.8. The second kappa shape index (κ2) is 51.4. The molecule has 0 saturated heterocycles. The zero-order valence-electron chi connectivity index (χ0n) is 33.6. The first kappa shape index (κ1) is 72.4. The molecule has 2 aromatic rings. The van der Waals surface area contributed by atoms with Gasteiger partial charge in [-0.25, -0.2) is 5.06 Å². The molecule has 65 heavy (non-hydrogen) atoms. The third kappa shape index (κ3) is 43.2. The number of carbonyl (C=O) groups is 2. The van der Waals surface area contributed by atoms with Crippen LogP contribution in [0.15, 0.2) is 36.4 Å². The summed E-state index contributed by atoms with van der Waals surface area (Å²) in [6.07, 6.45) is 11.9. The molecule has 0 radical (unpaired) electrons. The first-order valence-corrected chi connectivity index (χ1v) is 50.6. The molecule has 0 spiro atoms. The quantitative estimate of drug-likeness (QED) is 0.194. The predicted octanol–water partition coefficient (Wildman–Crippen LogP) is 6.01. The van der Waals surface area contributed by atoms with Gasteiger partial charge in [0.05, 0.1) is 17.2 Å². The van der Waals surface area contributed by atoms with Gasteiger partial charge in [0.1, 0.15) is 5.78 Å². The summed E-state index contributed by atoms with van der Waals surface area (Å²) in [4.78, 5) is 28.0. The SMILES string of the molecule is CON(C)C(=O)CC1CCCC1.O=C(Cc1ccc(Cl)c(Cl)c1)CC1CCCC1.S=S=S=S=S=S=S=S=S=S=S=S=S=S=S=S=S=S=S=S=S=S=S=S=S.[Br-].[CH2-]c1ccc(Cl)c(Cl)c1.[Mg+2]. The zero-order chi connectivity index (χ0) is 46.3. The van der Waals surface area contributed by atoms with Crippen molar-refractivity contribution in [2.75, 3.05) is 14.2 Å². The number of hydrogen-bond donors (Lipinski definition) is 0. The number of rotatable bonds is 7. The van der Waals surface area contributed by atoms with Crippen molar-refractivity contribution in [3.05, 3.63) is 74.5 Å². The van der Waals surface area contributed by atoms with E-state index >= 15 is 0 Å². The molecular weight excluding hydrogens is 1470 g/mol. The summed E-state index contributed by atoms with van der Waals surface area (Å²) in [6, 6.07) is 10.7. The fourth-order valence-electron chi connectivity index (χ4n) is 4.96. The first-order valence-electron chi connectivity index (χ1n) is 17.1. The number of carbonyl (C=O) groups excluding carboxylic acids is 2. The topological polar surface area (TPSA) is 46.6 Å². The molecule has 0 atom stereocenters. The van der Waals surface area contributed by atoms with Gasteiger partial charge in [0.15, 0.2) is 0 Å². The van der Waals surface area contributed by atoms with Crippen molar-refractivity contribution in [2.24, 2.45) is 11.8 Å². The van der Waals surface area contributed by atoms with Gasteiger partial charge in [0.25, 0.3) is 0 Å². The van der Waals surface area contributed by atoms with E-state index in [9.17, 15) is 9.59 Å². The van der Waals surface area contributed by atoms with Gasteiger partial charge in [-0.15, -0.1) is 6.07 Å². The summed E-state index contributed by atoms with van der Waals surface area (Å²) >= 11 is 32.6. The average molecular weight is 1510 g/mol. The van der Waals surface area contributed by atoms with E-state index in [1.54, 1.807) is 156 Å². The Balaban J connectivity index is 0. The van der Waals surface area contributed by atoms with Crippen LogP contribution in [0.25, 0.3) is 0 Å². The van der Waals surface area contributed by atoms with Crippen molar-refractivity contribution in [1.82, 2.24) is 5.06 Å². The van der Waals surface area contributed by atoms with Gasteiger partial charge in [0.2, 0.25) is 5.91 Å². The molecule has 2 saturated carbocycles. The van der Waals surface area contributed by atoms with Crippen LogP contribution < -0.4 is 17.0 Å². The van der Waals surface area contributed by atoms with Crippen molar-refractivity contribution in [2.45, 2.75) is 70.6 Å². The maximum atomic E-state index is 11.9. The van der Waals surface area contributed by atoms with Crippen LogP contribution in [-0.2, 0) is 247 Å². The number of hydroxylamine groups is 2. The molecule has 0 N–H and O–H groups in total. The van der Waals surface area contributed by atoms with Crippen LogP contribution >= 0.6 is 46.4 Å². The Bertz CT molecular complexity index is 2790. The molecular formula is C30H38BrCl4MgNO3S25. The van der Waals surface area contributed by atoms with E-state index in [1.807, 2.05) is 74.3 Å². The summed E-state index contributed by atoms with van der Waals surface area (Å²) in [7, 11) is 43.1. The van der Waals surface area contributed by atoms with Crippen molar-refractivity contribution in [1.29, 1.82) is 0 Å². The molecule has 2 fully saturated rings. The number of nitrogens with zero attached hydrogens (tertiary/aromatic N) is 1. The number of amides is 1. The Hall–Kier alpha value is 5.32. The first-order chi connectivity index (χ1) is 30.5. The van der Waals surface area contributed by atoms with Gasteiger partial charge in [0, 0.05) is 263 Å². The summed E-state index contributed by atoms with van der Waals surface area (Å²) in [5, 5.41) is 3.52. The van der Waals surface area contributed by atoms with Crippen LogP contribution in [0, 0.1) is 18.8 Å². The molecule has 0 aromatic heterocycles. The third-order valence-electron chi connectivity index (χ3n) is 7.53. The van der Waals surface area contributed by atoms with Crippen molar-refractivity contribution < 1.29 is 31.4 Å². The molecule has 35 heteroatoms. The van der Waals surface area contributed by atoms with Gasteiger partial charge in [-0.1, -0.05) is 97.1 Å². The molecule has 4 rings (SSSR count). The standard InChI is InChI=1S/C14H16Cl2O.C9H17NO2.C7H5Cl2.BrH.Mg.S25/c15-13-6-5-11(9-14(13)16)8-12(17)7-10-3-1-2-4-10;1-10(12-2)9(11)7-8-5-3-4-6-8;1-5-2-3-6(8)7(9)4-5;;;1-3-5-7-9-11-13-15-17-19-21-23-25-24-22-20-18-16-14-12-10-8-6-4-2/h5-6,9-10H,1-4,7-8H2;8H,3-7H2,1-2H3;2-4H,1H2;1H;;/q;;-1;;+2;/p-1. The second-order valence-corrected chi connectivity index (χ2v) is 53.9. The molecule has 0 heterocycles. The zero-order valence-corrected chi connectivity index (χ0v) is 60.0. The molecule has 2 aliphatic carbocycles. The molecule has 1 amide bonds. The van der Waals surface area contributed by atoms with E-state index in [-0.39, 0.29) is 45.9 Å². The van der Waals surface area contributed by atoms with Gasteiger partial charge in [-0.3, -0.25) is 14.4 Å². The molecule has 2 aromatic carbocycles. The van der Waals surface area contributed by atoms with Crippen LogP contribution in [0.3, 0.4) is 0 Å². The fourth-order valence-corrected chi connectivity index (χ4v) is 63.2. The minimum atomic E-state index is 0. The van der Waals surface area contributed by atoms with Gasteiger partial charge >= 0.3 is 23.1 Å². The van der Waals surface area contributed by atoms with E-state index in [2.05, 4.69) is 6.92 Å². The largest absolute Gasteiger partial charge is 2.00 e. The number of halogens is 5. The Labute approximate surface area is 505 Å². The fraction of sp³-hybridized carbons (Fsp3) is 0.500. The molecule has 0 unspecified atom stereocenters. The van der Waals surface area contributed by atoms with E-state index < -0.39 is 0 Å². The molecule has 0 bridgehead atoms. The van der Waals surface area contributed by atoms with Gasteiger partial charge in [-0.2, -0.15) is 18.6 Å². The Morgan fingerprint density at radius 1 is 0.585 bits per heavy atom. The summed E-state index contributed by atoms with van der Waals surface area (Å²) in [5.74, 6) is 1.64. The molecule has 4 nitrogen and oxygen atoms in total. The van der Waals surface area contributed by atoms with Crippen molar-refractivity contribution in [3.8, 4) is 0 Å². The monoisotopic (exact) mass is 1500 g/mol. The minimum absolute atomic E-state index is 0. The van der Waals surface area contributed by atoms with Crippen LogP contribution in [0.4, 0.5) is 0 Å². The van der Waals surface area contributed by atoms with E-state index in [1.165, 1.54) is 81.3 Å². The maximum Gasteiger partial charge on any atom is 2.00 e. The third-order valence-corrected chi connectivity index (χ3v) is 57.9. The number of ketones is 1. The van der Waals surface area contributed by atoms with Crippen LogP contribution in [0.2, 0.25) is 20.1 Å². The van der Waals surface area contributed by atoms with Crippen LogP contribution in [-0.4, -0.2) is 54.0 Å². The Kier molecular flexibility index (Phi) is 57.3. The summed E-state index contributed by atoms with van der Waals surface area (Å²) < 4.78 is 0.